The van der Waals surface area contributed by atoms with E-state index in [1.54, 1.807) is 0 Å². The first-order valence-electron chi connectivity index (χ1n) is 5.76. The number of rotatable bonds is 8. The molecule has 0 aromatic carbocycles. The third kappa shape index (κ3) is 5.55. The summed E-state index contributed by atoms with van der Waals surface area (Å²) >= 11 is 0. The maximum atomic E-state index is 11.1. The van der Waals surface area contributed by atoms with Crippen molar-refractivity contribution in [2.45, 2.75) is 64.9 Å². The Hall–Kier alpha value is -0.860. The first kappa shape index (κ1) is 14.1. The number of ether oxygens (including phenoxy) is 1. The average Bonchev–Trinajstić information content (AvgIpc) is 2.17. The van der Waals surface area contributed by atoms with Gasteiger partial charge in [0.25, 0.3) is 0 Å². The van der Waals surface area contributed by atoms with Crippen molar-refractivity contribution < 1.29 is 14.3 Å². The molecule has 0 radical (unpaired) electrons. The summed E-state index contributed by atoms with van der Waals surface area (Å²) in [7, 11) is 0. The molecular formula is C12H22O3. The fourth-order valence-corrected chi connectivity index (χ4v) is 1.75. The average molecular weight is 214 g/mol. The highest BCUT2D eigenvalue weighted by Crippen LogP contribution is 2.23. The Labute approximate surface area is 92.2 Å². The van der Waals surface area contributed by atoms with E-state index in [4.69, 9.17) is 4.74 Å². The molecule has 88 valence electrons. The molecule has 0 saturated heterocycles. The van der Waals surface area contributed by atoms with E-state index in [-0.39, 0.29) is 5.97 Å². The molecule has 0 fully saturated rings. The Bertz CT molecular complexity index is 201. The normalized spacial score (nSPS) is 14.3. The minimum Gasteiger partial charge on any atom is -0.452 e. The molecule has 0 aliphatic heterocycles. The lowest BCUT2D eigenvalue weighted by Crippen LogP contribution is -2.36. The molecule has 0 saturated carbocycles. The smallest absolute Gasteiger partial charge is 0.303 e. The Morgan fingerprint density at radius 1 is 1.20 bits per heavy atom. The molecule has 0 bridgehead atoms. The van der Waals surface area contributed by atoms with Gasteiger partial charge in [-0.3, -0.25) is 9.59 Å². The van der Waals surface area contributed by atoms with Crippen molar-refractivity contribution in [2.24, 2.45) is 0 Å². The molecule has 0 aliphatic rings. The highest BCUT2D eigenvalue weighted by Gasteiger charge is 2.31. The minimum absolute atomic E-state index is 0.368. The van der Waals surface area contributed by atoms with Crippen molar-refractivity contribution in [2.75, 3.05) is 0 Å². The summed E-state index contributed by atoms with van der Waals surface area (Å²) in [6, 6.07) is 0. The number of carbonyl (C=O) groups is 2. The van der Waals surface area contributed by atoms with Gasteiger partial charge in [-0.05, 0) is 19.3 Å². The summed E-state index contributed by atoms with van der Waals surface area (Å²) in [6.45, 7) is 5.45. The molecule has 1 atom stereocenters. The first-order valence-corrected chi connectivity index (χ1v) is 5.76. The summed E-state index contributed by atoms with van der Waals surface area (Å²) in [5.74, 6) is -0.368. The predicted octanol–water partition coefficient (Wildman–Crippen LogP) is 2.87. The van der Waals surface area contributed by atoms with Gasteiger partial charge in [0.15, 0.2) is 11.9 Å². The lowest BCUT2D eigenvalue weighted by molar-refractivity contribution is -0.162. The quantitative estimate of drug-likeness (QED) is 0.354. The molecule has 0 aromatic heterocycles. The van der Waals surface area contributed by atoms with Crippen molar-refractivity contribution in [1.29, 1.82) is 0 Å². The molecule has 3 nitrogen and oxygen atoms in total. The van der Waals surface area contributed by atoms with Gasteiger partial charge >= 0.3 is 5.97 Å². The van der Waals surface area contributed by atoms with E-state index in [9.17, 15) is 9.59 Å². The highest BCUT2D eigenvalue weighted by atomic mass is 16.6. The van der Waals surface area contributed by atoms with E-state index in [2.05, 4.69) is 6.92 Å². The first-order chi connectivity index (χ1) is 7.10. The molecule has 0 rings (SSSR count). The van der Waals surface area contributed by atoms with Gasteiger partial charge in [0.05, 0.1) is 0 Å². The second-order valence-corrected chi connectivity index (χ2v) is 3.98. The summed E-state index contributed by atoms with van der Waals surface area (Å²) in [4.78, 5) is 22.0. The summed E-state index contributed by atoms with van der Waals surface area (Å²) in [5, 5.41) is 0. The van der Waals surface area contributed by atoms with Gasteiger partial charge in [-0.25, -0.2) is 0 Å². The van der Waals surface area contributed by atoms with E-state index >= 15 is 0 Å². The van der Waals surface area contributed by atoms with Crippen molar-refractivity contribution in [3.8, 4) is 0 Å². The molecule has 0 heterocycles. The molecule has 0 aromatic rings. The van der Waals surface area contributed by atoms with Crippen LogP contribution in [0.3, 0.4) is 0 Å². The van der Waals surface area contributed by atoms with Gasteiger partial charge in [-0.1, -0.05) is 33.1 Å². The Morgan fingerprint density at radius 2 is 1.87 bits per heavy atom. The zero-order chi connectivity index (χ0) is 11.7. The van der Waals surface area contributed by atoms with Crippen LogP contribution in [0.4, 0.5) is 0 Å². The van der Waals surface area contributed by atoms with Crippen molar-refractivity contribution in [3.63, 3.8) is 0 Å². The lowest BCUT2D eigenvalue weighted by atomic mass is 9.92. The van der Waals surface area contributed by atoms with Crippen molar-refractivity contribution in [1.82, 2.24) is 0 Å². The molecule has 3 heteroatoms. The van der Waals surface area contributed by atoms with E-state index < -0.39 is 5.60 Å². The Morgan fingerprint density at radius 3 is 2.27 bits per heavy atom. The second-order valence-electron chi connectivity index (χ2n) is 3.98. The number of carbonyl (C=O) groups excluding carboxylic acids is 2. The highest BCUT2D eigenvalue weighted by molar-refractivity contribution is 5.72. The van der Waals surface area contributed by atoms with Gasteiger partial charge < -0.3 is 4.74 Å². The van der Waals surface area contributed by atoms with Gasteiger partial charge in [-0.15, -0.1) is 0 Å². The predicted molar refractivity (Wildman–Crippen MR) is 59.6 cm³/mol. The zero-order valence-corrected chi connectivity index (χ0v) is 10.0. The largest absolute Gasteiger partial charge is 0.452 e. The van der Waals surface area contributed by atoms with Crippen LogP contribution in [0.5, 0.6) is 0 Å². The zero-order valence-electron chi connectivity index (χ0n) is 10.0. The fourth-order valence-electron chi connectivity index (χ4n) is 1.75. The fraction of sp³-hybridized carbons (Fsp3) is 0.833. The second kappa shape index (κ2) is 7.43. The number of hydrogen-bond acceptors (Lipinski definition) is 3. The lowest BCUT2D eigenvalue weighted by Gasteiger charge is -2.27. The van der Waals surface area contributed by atoms with Crippen LogP contribution in [0.15, 0.2) is 0 Å². The van der Waals surface area contributed by atoms with Crippen LogP contribution in [0.1, 0.15) is 59.3 Å². The van der Waals surface area contributed by atoms with Gasteiger partial charge in [-0.2, -0.15) is 0 Å². The molecule has 15 heavy (non-hydrogen) atoms. The molecule has 0 aliphatic carbocycles. The molecular weight excluding hydrogens is 192 g/mol. The minimum atomic E-state index is -0.865. The third-order valence-corrected chi connectivity index (χ3v) is 2.44. The summed E-state index contributed by atoms with van der Waals surface area (Å²) in [5.41, 5.74) is -0.865. The van der Waals surface area contributed by atoms with E-state index in [0.29, 0.717) is 12.8 Å². The van der Waals surface area contributed by atoms with Crippen LogP contribution < -0.4 is 0 Å². The topological polar surface area (TPSA) is 43.4 Å². The molecule has 0 spiro atoms. The van der Waals surface area contributed by atoms with Crippen molar-refractivity contribution >= 4 is 12.3 Å². The standard InChI is InChI=1S/C12H22O3/c1-4-6-7-9-12(10-13,8-5-2)15-11(3)14/h10H,4-9H2,1-3H3. The summed E-state index contributed by atoms with van der Waals surface area (Å²) < 4.78 is 5.17. The van der Waals surface area contributed by atoms with Gasteiger partial charge in [0, 0.05) is 6.92 Å². The van der Waals surface area contributed by atoms with Crippen LogP contribution in [0.25, 0.3) is 0 Å². The number of hydrogen-bond donors (Lipinski definition) is 0. The number of unbranched alkanes of at least 4 members (excludes halogenated alkanes) is 2. The number of esters is 1. The van der Waals surface area contributed by atoms with Gasteiger partial charge in [0.2, 0.25) is 0 Å². The van der Waals surface area contributed by atoms with E-state index in [0.717, 1.165) is 32.0 Å². The van der Waals surface area contributed by atoms with E-state index in [1.807, 2.05) is 6.92 Å². The van der Waals surface area contributed by atoms with Crippen LogP contribution in [-0.2, 0) is 14.3 Å². The van der Waals surface area contributed by atoms with Crippen LogP contribution in [-0.4, -0.2) is 17.9 Å². The van der Waals surface area contributed by atoms with E-state index in [1.165, 1.54) is 6.92 Å². The van der Waals surface area contributed by atoms with Crippen LogP contribution >= 0.6 is 0 Å². The third-order valence-electron chi connectivity index (χ3n) is 2.44. The molecule has 0 N–H and O–H groups in total. The van der Waals surface area contributed by atoms with Crippen LogP contribution in [0.2, 0.25) is 0 Å². The monoisotopic (exact) mass is 214 g/mol. The summed E-state index contributed by atoms with van der Waals surface area (Å²) in [6.07, 6.45) is 6.02. The maximum Gasteiger partial charge on any atom is 0.303 e. The Kier molecular flexibility index (Phi) is 7.01. The molecule has 1 unspecified atom stereocenters. The van der Waals surface area contributed by atoms with Crippen molar-refractivity contribution in [3.05, 3.63) is 0 Å². The maximum absolute atomic E-state index is 11.1. The number of aldehydes is 1. The van der Waals surface area contributed by atoms with Crippen LogP contribution in [0, 0.1) is 0 Å². The SMILES string of the molecule is CCCCCC(C=O)(CCC)OC(C)=O. The van der Waals surface area contributed by atoms with Gasteiger partial charge in [0.1, 0.15) is 0 Å². The molecule has 0 amide bonds. The Balaban J connectivity index is 4.35.